The van der Waals surface area contributed by atoms with Crippen LogP contribution in [0.4, 0.5) is 0 Å². The van der Waals surface area contributed by atoms with Gasteiger partial charge < -0.3 is 19.7 Å². The van der Waals surface area contributed by atoms with Crippen LogP contribution < -0.4 is 4.74 Å². The van der Waals surface area contributed by atoms with E-state index in [4.69, 9.17) is 9.84 Å². The summed E-state index contributed by atoms with van der Waals surface area (Å²) < 4.78 is 5.68. The monoisotopic (exact) mass is 302 g/mol. The minimum absolute atomic E-state index is 0.0142. The Balaban J connectivity index is 1.85. The highest BCUT2D eigenvalue weighted by molar-refractivity contribution is 5.93. The van der Waals surface area contributed by atoms with Gasteiger partial charge in [-0.2, -0.15) is 0 Å². The molecule has 2 aromatic rings. The molecule has 1 saturated carbocycles. The number of ether oxygens (including phenoxy) is 1. The lowest BCUT2D eigenvalue weighted by Crippen LogP contribution is -2.36. The number of nitrogens with zero attached hydrogens (tertiary/aromatic N) is 1. The van der Waals surface area contributed by atoms with E-state index in [0.29, 0.717) is 25.6 Å². The zero-order chi connectivity index (χ0) is 15.5. The highest BCUT2D eigenvalue weighted by Gasteiger charge is 2.32. The first-order chi connectivity index (χ1) is 10.7. The third-order valence-electron chi connectivity index (χ3n) is 4.04. The van der Waals surface area contributed by atoms with Crippen LogP contribution >= 0.6 is 0 Å². The number of H-pyrrole nitrogens is 1. The Kier molecular flexibility index (Phi) is 4.34. The summed E-state index contributed by atoms with van der Waals surface area (Å²) in [6.45, 7) is 2.98. The van der Waals surface area contributed by atoms with E-state index < -0.39 is 0 Å². The van der Waals surface area contributed by atoms with Crippen molar-refractivity contribution in [2.24, 2.45) is 0 Å². The third-order valence-corrected chi connectivity index (χ3v) is 4.04. The minimum atomic E-state index is 0.0142. The molecule has 0 atom stereocenters. The number of aliphatic hydroxyl groups is 1. The Morgan fingerprint density at radius 3 is 2.95 bits per heavy atom. The number of rotatable bonds is 7. The lowest BCUT2D eigenvalue weighted by molar-refractivity contribution is -0.131. The normalized spacial score (nSPS) is 14.3. The lowest BCUT2D eigenvalue weighted by Gasteiger charge is -2.21. The molecule has 0 unspecified atom stereocenters. The van der Waals surface area contributed by atoms with Crippen molar-refractivity contribution in [3.63, 3.8) is 0 Å². The largest absolute Gasteiger partial charge is 0.493 e. The number of fused-ring (bicyclic) bond motifs is 1. The third kappa shape index (κ3) is 2.95. The molecule has 1 amide bonds. The maximum Gasteiger partial charge on any atom is 0.227 e. The Hall–Kier alpha value is -2.01. The number of aromatic nitrogens is 1. The molecule has 0 bridgehead atoms. The van der Waals surface area contributed by atoms with Gasteiger partial charge in [0, 0.05) is 29.7 Å². The first-order valence-electron chi connectivity index (χ1n) is 7.86. The van der Waals surface area contributed by atoms with E-state index in [-0.39, 0.29) is 12.5 Å². The molecular formula is C17H22N2O3. The molecule has 0 spiro atoms. The number of hydrogen-bond donors (Lipinski definition) is 2. The van der Waals surface area contributed by atoms with E-state index in [1.54, 1.807) is 0 Å². The topological polar surface area (TPSA) is 65.6 Å². The molecule has 1 aromatic carbocycles. The molecule has 1 fully saturated rings. The van der Waals surface area contributed by atoms with Gasteiger partial charge in [-0.05, 0) is 37.5 Å². The number of amides is 1. The fourth-order valence-electron chi connectivity index (χ4n) is 2.90. The summed E-state index contributed by atoms with van der Waals surface area (Å²) in [7, 11) is 0. The average molecular weight is 302 g/mol. The van der Waals surface area contributed by atoms with Crippen molar-refractivity contribution >= 4 is 16.8 Å². The number of nitrogens with one attached hydrogen (secondary N) is 1. The number of aromatic amines is 1. The predicted molar refractivity (Wildman–Crippen MR) is 85.0 cm³/mol. The molecular weight excluding hydrogens is 280 g/mol. The lowest BCUT2D eigenvalue weighted by atomic mass is 10.1. The number of hydrogen-bond acceptors (Lipinski definition) is 3. The van der Waals surface area contributed by atoms with Crippen LogP contribution in [0, 0.1) is 0 Å². The van der Waals surface area contributed by atoms with Crippen LogP contribution in [0.2, 0.25) is 0 Å². The molecule has 5 heteroatoms. The van der Waals surface area contributed by atoms with E-state index in [0.717, 1.165) is 35.1 Å². The maximum atomic E-state index is 12.6. The molecule has 1 aliphatic carbocycles. The summed E-state index contributed by atoms with van der Waals surface area (Å²) in [5, 5.41) is 10.1. The SMILES string of the molecule is CCOc1cccc2[nH]cc(CC(=O)N(CCO)C3CC3)c12. The van der Waals surface area contributed by atoms with Gasteiger partial charge in [-0.25, -0.2) is 0 Å². The molecule has 3 rings (SSSR count). The molecule has 1 aliphatic rings. The van der Waals surface area contributed by atoms with Crippen LogP contribution in [0.15, 0.2) is 24.4 Å². The first-order valence-corrected chi connectivity index (χ1v) is 7.86. The highest BCUT2D eigenvalue weighted by Crippen LogP contribution is 2.31. The molecule has 22 heavy (non-hydrogen) atoms. The van der Waals surface area contributed by atoms with Crippen LogP contribution in [0.25, 0.3) is 10.9 Å². The van der Waals surface area contributed by atoms with Gasteiger partial charge in [-0.15, -0.1) is 0 Å². The van der Waals surface area contributed by atoms with E-state index in [1.165, 1.54) is 0 Å². The fourth-order valence-corrected chi connectivity index (χ4v) is 2.90. The van der Waals surface area contributed by atoms with Gasteiger partial charge in [-0.1, -0.05) is 6.07 Å². The minimum Gasteiger partial charge on any atom is -0.493 e. The fraction of sp³-hybridized carbons (Fsp3) is 0.471. The number of benzene rings is 1. The van der Waals surface area contributed by atoms with Crippen LogP contribution in [-0.2, 0) is 11.2 Å². The molecule has 0 aliphatic heterocycles. The Labute approximate surface area is 129 Å². The van der Waals surface area contributed by atoms with Gasteiger partial charge in [0.2, 0.25) is 5.91 Å². The quantitative estimate of drug-likeness (QED) is 0.823. The summed E-state index contributed by atoms with van der Waals surface area (Å²) in [5.41, 5.74) is 1.93. The van der Waals surface area contributed by atoms with Crippen molar-refractivity contribution in [2.45, 2.75) is 32.2 Å². The van der Waals surface area contributed by atoms with E-state index in [1.807, 2.05) is 36.2 Å². The summed E-state index contributed by atoms with van der Waals surface area (Å²) in [6, 6.07) is 6.17. The number of carbonyl (C=O) groups excluding carboxylic acids is 1. The molecule has 1 heterocycles. The Morgan fingerprint density at radius 1 is 1.45 bits per heavy atom. The summed E-state index contributed by atoms with van der Waals surface area (Å²) in [5.74, 6) is 0.882. The average Bonchev–Trinajstić information content (AvgIpc) is 3.27. The zero-order valence-electron chi connectivity index (χ0n) is 12.8. The van der Waals surface area contributed by atoms with Gasteiger partial charge in [-0.3, -0.25) is 4.79 Å². The second-order valence-corrected chi connectivity index (χ2v) is 5.64. The molecule has 2 N–H and O–H groups in total. The maximum absolute atomic E-state index is 12.6. The zero-order valence-corrected chi connectivity index (χ0v) is 12.8. The predicted octanol–water partition coefficient (Wildman–Crippen LogP) is 2.09. The molecule has 118 valence electrons. The van der Waals surface area contributed by atoms with Crippen molar-refractivity contribution in [3.05, 3.63) is 30.0 Å². The van der Waals surface area contributed by atoms with Gasteiger partial charge in [0.1, 0.15) is 5.75 Å². The Morgan fingerprint density at radius 2 is 2.27 bits per heavy atom. The van der Waals surface area contributed by atoms with Crippen LogP contribution in [0.5, 0.6) is 5.75 Å². The van der Waals surface area contributed by atoms with Crippen LogP contribution in [0.1, 0.15) is 25.3 Å². The van der Waals surface area contributed by atoms with Crippen molar-refractivity contribution in [1.82, 2.24) is 9.88 Å². The van der Waals surface area contributed by atoms with Crippen molar-refractivity contribution in [2.75, 3.05) is 19.8 Å². The summed E-state index contributed by atoms with van der Waals surface area (Å²) in [4.78, 5) is 17.6. The van der Waals surface area contributed by atoms with Crippen molar-refractivity contribution < 1.29 is 14.6 Å². The molecule has 1 aromatic heterocycles. The Bertz CT molecular complexity index is 661. The van der Waals surface area contributed by atoms with Gasteiger partial charge in [0.25, 0.3) is 0 Å². The number of aliphatic hydroxyl groups excluding tert-OH is 1. The second kappa shape index (κ2) is 6.40. The number of carbonyl (C=O) groups is 1. The molecule has 5 nitrogen and oxygen atoms in total. The van der Waals surface area contributed by atoms with Crippen LogP contribution in [0.3, 0.4) is 0 Å². The van der Waals surface area contributed by atoms with E-state index in [9.17, 15) is 4.79 Å². The van der Waals surface area contributed by atoms with E-state index >= 15 is 0 Å². The van der Waals surface area contributed by atoms with Crippen LogP contribution in [-0.4, -0.2) is 46.7 Å². The highest BCUT2D eigenvalue weighted by atomic mass is 16.5. The van der Waals surface area contributed by atoms with Gasteiger partial charge >= 0.3 is 0 Å². The molecule has 0 radical (unpaired) electrons. The summed E-state index contributed by atoms with van der Waals surface area (Å²) >= 11 is 0. The molecule has 0 saturated heterocycles. The summed E-state index contributed by atoms with van der Waals surface area (Å²) in [6.07, 6.45) is 4.31. The van der Waals surface area contributed by atoms with Gasteiger partial charge in [0.05, 0.1) is 19.6 Å². The second-order valence-electron chi connectivity index (χ2n) is 5.64. The van der Waals surface area contributed by atoms with Crippen molar-refractivity contribution in [3.8, 4) is 5.75 Å². The smallest absolute Gasteiger partial charge is 0.227 e. The standard InChI is InChI=1S/C17H22N2O3/c1-2-22-15-5-3-4-14-17(15)12(11-18-14)10-16(21)19(8-9-20)13-6-7-13/h3-5,11,13,18,20H,2,6-10H2,1H3. The van der Waals surface area contributed by atoms with Crippen molar-refractivity contribution in [1.29, 1.82) is 0 Å². The van der Waals surface area contributed by atoms with E-state index in [2.05, 4.69) is 4.98 Å². The first kappa shape index (κ1) is 14.9. The van der Waals surface area contributed by atoms with Gasteiger partial charge in [0.15, 0.2) is 0 Å².